The molecule has 2 amide bonds. The van der Waals surface area contributed by atoms with Crippen molar-refractivity contribution >= 4 is 17.6 Å². The maximum absolute atomic E-state index is 13.1. The maximum Gasteiger partial charge on any atom is 0.317 e. The summed E-state index contributed by atoms with van der Waals surface area (Å²) in [6.45, 7) is 3.72. The van der Waals surface area contributed by atoms with Gasteiger partial charge in [-0.05, 0) is 60.8 Å². The molecule has 2 saturated heterocycles. The highest BCUT2D eigenvalue weighted by molar-refractivity contribution is 6.31. The summed E-state index contributed by atoms with van der Waals surface area (Å²) in [7, 11) is 0. The Morgan fingerprint density at radius 2 is 1.97 bits per heavy atom. The summed E-state index contributed by atoms with van der Waals surface area (Å²) in [6, 6.07) is 17.5. The lowest BCUT2D eigenvalue weighted by molar-refractivity contribution is 0.00580. The molecule has 3 aliphatic heterocycles. The summed E-state index contributed by atoms with van der Waals surface area (Å²) in [5, 5.41) is 4.08. The molecule has 2 aromatic rings. The molecule has 5 heteroatoms. The van der Waals surface area contributed by atoms with Crippen LogP contribution in [0.15, 0.2) is 48.5 Å². The van der Waals surface area contributed by atoms with Crippen molar-refractivity contribution in [1.29, 1.82) is 0 Å². The maximum atomic E-state index is 13.1. The van der Waals surface area contributed by atoms with Gasteiger partial charge in [-0.15, -0.1) is 0 Å². The summed E-state index contributed by atoms with van der Waals surface area (Å²) < 4.78 is 0. The van der Waals surface area contributed by atoms with Crippen LogP contribution in [-0.2, 0) is 12.8 Å². The number of benzene rings is 2. The Bertz CT molecular complexity index is 903. The van der Waals surface area contributed by atoms with Crippen LogP contribution in [0, 0.1) is 5.92 Å². The van der Waals surface area contributed by atoms with Crippen molar-refractivity contribution in [2.24, 2.45) is 5.92 Å². The monoisotopic (exact) mass is 423 g/mol. The Morgan fingerprint density at radius 3 is 2.83 bits per heavy atom. The molecule has 0 radical (unpaired) electrons. The first-order valence-electron chi connectivity index (χ1n) is 11.3. The summed E-state index contributed by atoms with van der Waals surface area (Å²) in [5.41, 5.74) is 3.95. The van der Waals surface area contributed by atoms with Gasteiger partial charge in [-0.3, -0.25) is 4.90 Å². The number of halogens is 1. The van der Waals surface area contributed by atoms with Crippen LogP contribution >= 0.6 is 11.6 Å². The number of nitrogens with zero attached hydrogens (tertiary/aromatic N) is 2. The van der Waals surface area contributed by atoms with Crippen molar-refractivity contribution in [2.45, 2.75) is 44.2 Å². The molecule has 3 heterocycles. The number of likely N-dealkylation sites (tertiary alicyclic amines) is 1. The Kier molecular flexibility index (Phi) is 5.70. The van der Waals surface area contributed by atoms with Gasteiger partial charge in [-0.1, -0.05) is 54.1 Å². The SMILES string of the molecule is O=C(NCCc1ccccc1)N1CCC[C@@H]2CN3CCc4c(Cl)cccc4[C@@H]3C[C@@H]21. The molecule has 30 heavy (non-hydrogen) atoms. The number of rotatable bonds is 3. The van der Waals surface area contributed by atoms with Gasteiger partial charge in [0.2, 0.25) is 0 Å². The van der Waals surface area contributed by atoms with E-state index in [1.807, 2.05) is 12.1 Å². The molecular formula is C25H30ClN3O. The Balaban J connectivity index is 1.28. The standard InChI is InChI=1S/C25H30ClN3O/c26-22-10-4-9-21-20(22)12-15-28-17-19-8-5-14-29(23(19)16-24(21)28)25(30)27-13-11-18-6-2-1-3-7-18/h1-4,6-7,9-10,19,23-24H,5,8,11-17H2,(H,27,30)/t19-,23+,24+/m1/s1. The van der Waals surface area contributed by atoms with Crippen molar-refractivity contribution in [3.63, 3.8) is 0 Å². The molecule has 0 aromatic heterocycles. The minimum Gasteiger partial charge on any atom is -0.338 e. The van der Waals surface area contributed by atoms with E-state index in [2.05, 4.69) is 51.5 Å². The fraction of sp³-hybridized carbons (Fsp3) is 0.480. The van der Waals surface area contributed by atoms with Crippen molar-refractivity contribution in [1.82, 2.24) is 15.1 Å². The van der Waals surface area contributed by atoms with Gasteiger partial charge in [0.1, 0.15) is 0 Å². The summed E-state index contributed by atoms with van der Waals surface area (Å²) in [4.78, 5) is 17.9. The number of fused-ring (bicyclic) bond motifs is 4. The van der Waals surface area contributed by atoms with Crippen LogP contribution in [0.5, 0.6) is 0 Å². The molecule has 0 saturated carbocycles. The molecule has 158 valence electrons. The first-order valence-corrected chi connectivity index (χ1v) is 11.7. The van der Waals surface area contributed by atoms with Gasteiger partial charge < -0.3 is 10.2 Å². The quantitative estimate of drug-likeness (QED) is 0.778. The Morgan fingerprint density at radius 1 is 1.10 bits per heavy atom. The predicted octanol–water partition coefficient (Wildman–Crippen LogP) is 4.68. The largest absolute Gasteiger partial charge is 0.338 e. The molecule has 3 atom stereocenters. The van der Waals surface area contributed by atoms with Gasteiger partial charge in [0.05, 0.1) is 0 Å². The molecule has 0 unspecified atom stereocenters. The fourth-order valence-corrected chi connectivity index (χ4v) is 6.04. The van der Waals surface area contributed by atoms with Gasteiger partial charge in [-0.25, -0.2) is 4.79 Å². The smallest absolute Gasteiger partial charge is 0.317 e. The van der Waals surface area contributed by atoms with Crippen LogP contribution in [0.3, 0.4) is 0 Å². The van der Waals surface area contributed by atoms with E-state index in [1.54, 1.807) is 0 Å². The van der Waals surface area contributed by atoms with E-state index in [-0.39, 0.29) is 6.03 Å². The third kappa shape index (κ3) is 3.83. The Hall–Kier alpha value is -2.04. The topological polar surface area (TPSA) is 35.6 Å². The lowest BCUT2D eigenvalue weighted by atomic mass is 9.77. The van der Waals surface area contributed by atoms with Crippen molar-refractivity contribution in [3.8, 4) is 0 Å². The molecule has 2 aromatic carbocycles. The molecular weight excluding hydrogens is 394 g/mol. The number of hydrogen-bond donors (Lipinski definition) is 1. The second-order valence-corrected chi connectivity index (χ2v) is 9.34. The zero-order valence-corrected chi connectivity index (χ0v) is 18.2. The molecule has 0 aliphatic carbocycles. The molecule has 5 rings (SSSR count). The van der Waals surface area contributed by atoms with E-state index >= 15 is 0 Å². The molecule has 2 fully saturated rings. The van der Waals surface area contributed by atoms with Crippen LogP contribution in [-0.4, -0.2) is 48.1 Å². The van der Waals surface area contributed by atoms with Crippen LogP contribution < -0.4 is 5.32 Å². The highest BCUT2D eigenvalue weighted by Crippen LogP contribution is 2.44. The number of hydrogen-bond acceptors (Lipinski definition) is 2. The molecule has 0 bridgehead atoms. The highest BCUT2D eigenvalue weighted by atomic mass is 35.5. The second-order valence-electron chi connectivity index (χ2n) is 8.93. The van der Waals surface area contributed by atoms with E-state index in [0.717, 1.165) is 50.3 Å². The molecule has 0 spiro atoms. The number of amides is 2. The third-order valence-electron chi connectivity index (χ3n) is 7.25. The van der Waals surface area contributed by atoms with Gasteiger partial charge in [0.15, 0.2) is 0 Å². The summed E-state index contributed by atoms with van der Waals surface area (Å²) in [6.07, 6.45) is 5.26. The Labute approximate surface area is 184 Å². The van der Waals surface area contributed by atoms with Crippen molar-refractivity contribution in [2.75, 3.05) is 26.2 Å². The number of carbonyl (C=O) groups excluding carboxylic acids is 1. The number of carbonyl (C=O) groups is 1. The average molecular weight is 424 g/mol. The van der Waals surface area contributed by atoms with Crippen LogP contribution in [0.1, 0.15) is 42.0 Å². The van der Waals surface area contributed by atoms with E-state index in [1.165, 1.54) is 23.1 Å². The molecule has 1 N–H and O–H groups in total. The van der Waals surface area contributed by atoms with Gasteiger partial charge in [0, 0.05) is 43.3 Å². The second kappa shape index (κ2) is 8.60. The van der Waals surface area contributed by atoms with Gasteiger partial charge in [-0.2, -0.15) is 0 Å². The minimum atomic E-state index is 0.108. The zero-order valence-electron chi connectivity index (χ0n) is 17.4. The predicted molar refractivity (Wildman–Crippen MR) is 121 cm³/mol. The fourth-order valence-electron chi connectivity index (χ4n) is 5.77. The average Bonchev–Trinajstić information content (AvgIpc) is 2.78. The molecule has 4 nitrogen and oxygen atoms in total. The minimum absolute atomic E-state index is 0.108. The normalized spacial score (nSPS) is 25.8. The van der Waals surface area contributed by atoms with Gasteiger partial charge in [0.25, 0.3) is 0 Å². The van der Waals surface area contributed by atoms with Crippen molar-refractivity contribution in [3.05, 3.63) is 70.2 Å². The van der Waals surface area contributed by atoms with Crippen LogP contribution in [0.2, 0.25) is 5.02 Å². The number of piperidine rings is 2. The van der Waals surface area contributed by atoms with Gasteiger partial charge >= 0.3 is 6.03 Å². The zero-order chi connectivity index (χ0) is 20.5. The van der Waals surface area contributed by atoms with Crippen LogP contribution in [0.4, 0.5) is 4.79 Å². The van der Waals surface area contributed by atoms with E-state index < -0.39 is 0 Å². The third-order valence-corrected chi connectivity index (χ3v) is 7.60. The number of nitrogens with one attached hydrogen (secondary N) is 1. The van der Waals surface area contributed by atoms with E-state index in [9.17, 15) is 4.79 Å². The van der Waals surface area contributed by atoms with E-state index in [4.69, 9.17) is 11.6 Å². The summed E-state index contributed by atoms with van der Waals surface area (Å²) >= 11 is 6.50. The van der Waals surface area contributed by atoms with Crippen LogP contribution in [0.25, 0.3) is 0 Å². The summed E-state index contributed by atoms with van der Waals surface area (Å²) in [5.74, 6) is 0.579. The number of urea groups is 1. The first-order chi connectivity index (χ1) is 14.7. The van der Waals surface area contributed by atoms with E-state index in [0.29, 0.717) is 24.5 Å². The lowest BCUT2D eigenvalue weighted by Gasteiger charge is -2.52. The first kappa shape index (κ1) is 19.9. The lowest BCUT2D eigenvalue weighted by Crippen LogP contribution is -2.59. The molecule has 3 aliphatic rings. The highest BCUT2D eigenvalue weighted by Gasteiger charge is 2.44. The van der Waals surface area contributed by atoms with Crippen molar-refractivity contribution < 1.29 is 4.79 Å².